The highest BCUT2D eigenvalue weighted by molar-refractivity contribution is 7.09. The molecule has 0 saturated carbocycles. The van der Waals surface area contributed by atoms with Crippen molar-refractivity contribution in [3.8, 4) is 0 Å². The van der Waals surface area contributed by atoms with Gasteiger partial charge in [0.05, 0.1) is 24.9 Å². The zero-order chi connectivity index (χ0) is 13.8. The molecular weight excluding hydrogens is 274 g/mol. The molecule has 19 heavy (non-hydrogen) atoms. The molecule has 0 amide bonds. The maximum atomic E-state index is 13.7. The van der Waals surface area contributed by atoms with Gasteiger partial charge in [0.2, 0.25) is 0 Å². The summed E-state index contributed by atoms with van der Waals surface area (Å²) in [4.78, 5) is 15.2. The zero-order valence-electron chi connectivity index (χ0n) is 9.94. The number of carbonyl (C=O) groups is 1. The molecule has 0 radical (unpaired) electrons. The number of rotatable bonds is 4. The van der Waals surface area contributed by atoms with Gasteiger partial charge in [-0.25, -0.2) is 18.6 Å². The number of thiazole rings is 1. The van der Waals surface area contributed by atoms with Gasteiger partial charge in [-0.05, 0) is 12.1 Å². The Labute approximate surface area is 112 Å². The van der Waals surface area contributed by atoms with E-state index in [4.69, 9.17) is 0 Å². The number of ether oxygens (including phenoxy) is 1. The lowest BCUT2D eigenvalue weighted by molar-refractivity contribution is 0.0594. The molecule has 2 aromatic rings. The number of carbonyl (C=O) groups excluding carboxylic acids is 1. The number of nitrogens with one attached hydrogen (secondary N) is 1. The number of esters is 1. The molecule has 0 bridgehead atoms. The van der Waals surface area contributed by atoms with Gasteiger partial charge in [0.15, 0.2) is 11.6 Å². The second-order valence-corrected chi connectivity index (χ2v) is 4.54. The lowest BCUT2D eigenvalue weighted by Crippen LogP contribution is -2.09. The monoisotopic (exact) mass is 284 g/mol. The molecule has 0 saturated heterocycles. The van der Waals surface area contributed by atoms with E-state index in [2.05, 4.69) is 15.0 Å². The van der Waals surface area contributed by atoms with E-state index < -0.39 is 23.2 Å². The Kier molecular flexibility index (Phi) is 4.06. The van der Waals surface area contributed by atoms with Gasteiger partial charge in [0, 0.05) is 11.6 Å². The van der Waals surface area contributed by atoms with Crippen molar-refractivity contribution >= 4 is 23.0 Å². The van der Waals surface area contributed by atoms with E-state index in [9.17, 15) is 13.6 Å². The Hall–Kier alpha value is -2.02. The number of nitrogens with zero attached hydrogens (tertiary/aromatic N) is 1. The smallest absolute Gasteiger partial charge is 0.340 e. The Bertz CT molecular complexity index is 588. The van der Waals surface area contributed by atoms with Crippen LogP contribution in [0.2, 0.25) is 0 Å². The Balaban J connectivity index is 2.19. The minimum atomic E-state index is -1.23. The maximum absolute atomic E-state index is 13.7. The number of benzene rings is 1. The van der Waals surface area contributed by atoms with Gasteiger partial charge in [-0.3, -0.25) is 0 Å². The second kappa shape index (κ2) is 5.75. The Morgan fingerprint density at radius 1 is 1.42 bits per heavy atom. The second-order valence-electron chi connectivity index (χ2n) is 3.56. The number of aromatic nitrogens is 1. The fourth-order valence-corrected chi connectivity index (χ4v) is 2.02. The van der Waals surface area contributed by atoms with E-state index in [1.54, 1.807) is 11.6 Å². The molecule has 1 heterocycles. The van der Waals surface area contributed by atoms with Gasteiger partial charge in [-0.1, -0.05) is 0 Å². The lowest BCUT2D eigenvalue weighted by atomic mass is 10.2. The molecule has 0 atom stereocenters. The summed E-state index contributed by atoms with van der Waals surface area (Å²) in [7, 11) is 1.11. The van der Waals surface area contributed by atoms with Crippen molar-refractivity contribution in [1.82, 2.24) is 4.98 Å². The quantitative estimate of drug-likeness (QED) is 0.877. The molecule has 0 aliphatic carbocycles. The zero-order valence-corrected chi connectivity index (χ0v) is 10.8. The van der Waals surface area contributed by atoms with Crippen LogP contribution in [0.15, 0.2) is 23.7 Å². The summed E-state index contributed by atoms with van der Waals surface area (Å²) < 4.78 is 31.7. The first-order valence-electron chi connectivity index (χ1n) is 5.32. The van der Waals surface area contributed by atoms with Crippen LogP contribution in [-0.4, -0.2) is 18.1 Å². The molecule has 1 N–H and O–H groups in total. The lowest BCUT2D eigenvalue weighted by Gasteiger charge is -2.08. The number of hydrogen-bond acceptors (Lipinski definition) is 5. The molecular formula is C12H10F2N2O2S. The van der Waals surface area contributed by atoms with Crippen LogP contribution in [0.5, 0.6) is 0 Å². The van der Waals surface area contributed by atoms with Gasteiger partial charge >= 0.3 is 5.97 Å². The van der Waals surface area contributed by atoms with Crippen LogP contribution < -0.4 is 5.32 Å². The summed E-state index contributed by atoms with van der Waals surface area (Å²) in [6.07, 6.45) is 1.62. The van der Waals surface area contributed by atoms with Crippen LogP contribution in [0.1, 0.15) is 15.4 Å². The van der Waals surface area contributed by atoms with Gasteiger partial charge in [-0.15, -0.1) is 11.3 Å². The summed E-state index contributed by atoms with van der Waals surface area (Å²) >= 11 is 1.40. The number of methoxy groups -OCH3 is 1. The van der Waals surface area contributed by atoms with Gasteiger partial charge < -0.3 is 10.1 Å². The van der Waals surface area contributed by atoms with E-state index in [0.29, 0.717) is 0 Å². The standard InChI is InChI=1S/C12H10F2N2O2S/c1-18-12(17)7-2-3-8(11(14)10(7)13)16-6-9-15-4-5-19-9/h2-5,16H,6H2,1H3. The minimum absolute atomic E-state index is 0.0275. The van der Waals surface area contributed by atoms with Crippen LogP contribution in [0.3, 0.4) is 0 Å². The molecule has 0 fully saturated rings. The molecule has 0 aliphatic rings. The van der Waals surface area contributed by atoms with Crippen molar-refractivity contribution in [2.45, 2.75) is 6.54 Å². The highest BCUT2D eigenvalue weighted by Gasteiger charge is 2.18. The number of hydrogen-bond donors (Lipinski definition) is 1. The van der Waals surface area contributed by atoms with Crippen molar-refractivity contribution in [3.63, 3.8) is 0 Å². The van der Waals surface area contributed by atoms with Crippen molar-refractivity contribution in [2.24, 2.45) is 0 Å². The first-order chi connectivity index (χ1) is 9.13. The van der Waals surface area contributed by atoms with E-state index in [1.807, 2.05) is 0 Å². The summed E-state index contributed by atoms with van der Waals surface area (Å²) in [5.41, 5.74) is -0.458. The van der Waals surface area contributed by atoms with Gasteiger partial charge in [-0.2, -0.15) is 0 Å². The fraction of sp³-hybridized carbons (Fsp3) is 0.167. The third kappa shape index (κ3) is 2.87. The third-order valence-corrected chi connectivity index (χ3v) is 3.18. The Morgan fingerprint density at radius 2 is 2.21 bits per heavy atom. The Morgan fingerprint density at radius 3 is 2.84 bits per heavy atom. The SMILES string of the molecule is COC(=O)c1ccc(NCc2nccs2)c(F)c1F. The van der Waals surface area contributed by atoms with Crippen LogP contribution in [0.4, 0.5) is 14.5 Å². The molecule has 0 aliphatic heterocycles. The highest BCUT2D eigenvalue weighted by Crippen LogP contribution is 2.22. The normalized spacial score (nSPS) is 10.3. The van der Waals surface area contributed by atoms with Crippen LogP contribution in [0, 0.1) is 11.6 Å². The highest BCUT2D eigenvalue weighted by atomic mass is 32.1. The molecule has 7 heteroatoms. The van der Waals surface area contributed by atoms with E-state index >= 15 is 0 Å². The summed E-state index contributed by atoms with van der Waals surface area (Å²) in [6, 6.07) is 2.46. The number of anilines is 1. The summed E-state index contributed by atoms with van der Waals surface area (Å²) in [5.74, 6) is -3.25. The van der Waals surface area contributed by atoms with Crippen LogP contribution in [-0.2, 0) is 11.3 Å². The van der Waals surface area contributed by atoms with Gasteiger partial charge in [0.25, 0.3) is 0 Å². The largest absolute Gasteiger partial charge is 0.465 e. The van der Waals surface area contributed by atoms with Crippen LogP contribution in [0.25, 0.3) is 0 Å². The fourth-order valence-electron chi connectivity index (χ4n) is 1.46. The average molecular weight is 284 g/mol. The molecule has 1 aromatic heterocycles. The van der Waals surface area contributed by atoms with E-state index in [1.165, 1.54) is 23.5 Å². The number of halogens is 2. The molecule has 0 unspecified atom stereocenters. The third-order valence-electron chi connectivity index (χ3n) is 2.40. The molecule has 100 valence electrons. The molecule has 1 aromatic carbocycles. The van der Waals surface area contributed by atoms with Crippen LogP contribution >= 0.6 is 11.3 Å². The van der Waals surface area contributed by atoms with Crippen molar-refractivity contribution < 1.29 is 18.3 Å². The predicted molar refractivity (Wildman–Crippen MR) is 67.1 cm³/mol. The minimum Gasteiger partial charge on any atom is -0.465 e. The van der Waals surface area contributed by atoms with E-state index in [-0.39, 0.29) is 12.2 Å². The first-order valence-corrected chi connectivity index (χ1v) is 6.20. The maximum Gasteiger partial charge on any atom is 0.340 e. The van der Waals surface area contributed by atoms with Crippen molar-refractivity contribution in [1.29, 1.82) is 0 Å². The predicted octanol–water partition coefficient (Wildman–Crippen LogP) is 2.82. The summed E-state index contributed by atoms with van der Waals surface area (Å²) in [6.45, 7) is 0.283. The molecule has 0 spiro atoms. The van der Waals surface area contributed by atoms with E-state index in [0.717, 1.165) is 12.1 Å². The van der Waals surface area contributed by atoms with Gasteiger partial charge in [0.1, 0.15) is 5.01 Å². The van der Waals surface area contributed by atoms with Crippen molar-refractivity contribution in [2.75, 3.05) is 12.4 Å². The molecule has 4 nitrogen and oxygen atoms in total. The van der Waals surface area contributed by atoms with Crippen molar-refractivity contribution in [3.05, 3.63) is 45.9 Å². The first kappa shape index (κ1) is 13.4. The summed E-state index contributed by atoms with van der Waals surface area (Å²) in [5, 5.41) is 5.25. The topological polar surface area (TPSA) is 51.2 Å². The average Bonchev–Trinajstić information content (AvgIpc) is 2.93. The molecule has 2 rings (SSSR count).